The largest absolute Gasteiger partial charge is 0.495 e. The highest BCUT2D eigenvalue weighted by atomic mass is 32.2. The molecule has 1 heterocycles. The third kappa shape index (κ3) is 4.30. The van der Waals surface area contributed by atoms with Gasteiger partial charge in [-0.05, 0) is 36.8 Å². The van der Waals surface area contributed by atoms with Gasteiger partial charge in [0.2, 0.25) is 0 Å². The van der Waals surface area contributed by atoms with E-state index in [9.17, 15) is 8.42 Å². The van der Waals surface area contributed by atoms with Gasteiger partial charge in [0.25, 0.3) is 0 Å². The highest BCUT2D eigenvalue weighted by molar-refractivity contribution is 7.90. The molecule has 0 spiro atoms. The molecule has 1 aromatic carbocycles. The second-order valence-electron chi connectivity index (χ2n) is 5.02. The van der Waals surface area contributed by atoms with E-state index in [-0.39, 0.29) is 5.82 Å². The van der Waals surface area contributed by atoms with Crippen molar-refractivity contribution in [3.05, 3.63) is 35.9 Å². The van der Waals surface area contributed by atoms with Crippen molar-refractivity contribution < 1.29 is 13.2 Å². The molecule has 0 radical (unpaired) electrons. The maximum Gasteiger partial charge on any atom is 0.302 e. The molecule has 9 heteroatoms. The fourth-order valence-corrected chi connectivity index (χ4v) is 2.29. The highest BCUT2D eigenvalue weighted by Gasteiger charge is 2.14. The van der Waals surface area contributed by atoms with Crippen LogP contribution in [0.2, 0.25) is 0 Å². The van der Waals surface area contributed by atoms with E-state index in [0.29, 0.717) is 11.6 Å². The van der Waals surface area contributed by atoms with Gasteiger partial charge in [-0.3, -0.25) is 4.72 Å². The first-order valence-corrected chi connectivity index (χ1v) is 8.21. The van der Waals surface area contributed by atoms with Crippen LogP contribution >= 0.6 is 0 Å². The van der Waals surface area contributed by atoms with Crippen molar-refractivity contribution in [1.29, 1.82) is 0 Å². The first kappa shape index (κ1) is 17.0. The molecule has 0 saturated carbocycles. The number of benzene rings is 1. The number of methoxy groups -OCH3 is 1. The highest BCUT2D eigenvalue weighted by Crippen LogP contribution is 2.27. The zero-order valence-electron chi connectivity index (χ0n) is 13.4. The molecular weight excluding hydrogens is 318 g/mol. The van der Waals surface area contributed by atoms with Crippen LogP contribution in [0.3, 0.4) is 0 Å². The first-order valence-electron chi connectivity index (χ1n) is 6.77. The standard InChI is InChI=1S/C14H19N5O3S/c1-10-5-6-12(22-4)11(9-10)15-13-7-8-14(17-16-13)18-23(20,21)19(2)3/h5-9H,1-4H3,(H,15,16)(H,17,18). The number of nitrogens with one attached hydrogen (secondary N) is 2. The van der Waals surface area contributed by atoms with Crippen LogP contribution < -0.4 is 14.8 Å². The van der Waals surface area contributed by atoms with E-state index >= 15 is 0 Å². The van der Waals surface area contributed by atoms with Crippen molar-refractivity contribution in [1.82, 2.24) is 14.5 Å². The molecule has 0 aliphatic heterocycles. The predicted molar refractivity (Wildman–Crippen MR) is 89.3 cm³/mol. The summed E-state index contributed by atoms with van der Waals surface area (Å²) in [5, 5.41) is 10.9. The predicted octanol–water partition coefficient (Wildman–Crippen LogP) is 1.76. The molecule has 124 valence electrons. The molecule has 0 amide bonds. The second-order valence-corrected chi connectivity index (χ2v) is 6.91. The minimum atomic E-state index is -3.60. The Labute approximate surface area is 135 Å². The van der Waals surface area contributed by atoms with Crippen LogP contribution in [-0.4, -0.2) is 44.1 Å². The van der Waals surface area contributed by atoms with Crippen molar-refractivity contribution in [3.8, 4) is 5.75 Å². The van der Waals surface area contributed by atoms with Crippen molar-refractivity contribution in [2.24, 2.45) is 0 Å². The molecule has 2 aromatic rings. The van der Waals surface area contributed by atoms with Gasteiger partial charge < -0.3 is 10.1 Å². The Balaban J connectivity index is 2.16. The SMILES string of the molecule is COc1ccc(C)cc1Nc1ccc(NS(=O)(=O)N(C)C)nn1. The number of hydrogen-bond donors (Lipinski definition) is 2. The van der Waals surface area contributed by atoms with Crippen LogP contribution in [0, 0.1) is 6.92 Å². The number of ether oxygens (including phenoxy) is 1. The van der Waals surface area contributed by atoms with E-state index in [0.717, 1.165) is 15.6 Å². The van der Waals surface area contributed by atoms with E-state index in [2.05, 4.69) is 20.2 Å². The topological polar surface area (TPSA) is 96.5 Å². The summed E-state index contributed by atoms with van der Waals surface area (Å²) in [6, 6.07) is 8.86. The lowest BCUT2D eigenvalue weighted by atomic mass is 10.2. The van der Waals surface area contributed by atoms with Gasteiger partial charge in [0.05, 0.1) is 12.8 Å². The molecule has 2 N–H and O–H groups in total. The van der Waals surface area contributed by atoms with E-state index < -0.39 is 10.2 Å². The van der Waals surface area contributed by atoms with Crippen LogP contribution in [0.25, 0.3) is 0 Å². The number of aryl methyl sites for hydroxylation is 1. The van der Waals surface area contributed by atoms with Crippen LogP contribution in [-0.2, 0) is 10.2 Å². The lowest BCUT2D eigenvalue weighted by Crippen LogP contribution is -2.29. The lowest BCUT2D eigenvalue weighted by Gasteiger charge is -2.13. The Morgan fingerprint density at radius 1 is 1.09 bits per heavy atom. The third-order valence-electron chi connectivity index (χ3n) is 3.00. The van der Waals surface area contributed by atoms with Gasteiger partial charge in [-0.1, -0.05) is 6.07 Å². The van der Waals surface area contributed by atoms with Gasteiger partial charge in [0, 0.05) is 14.1 Å². The van der Waals surface area contributed by atoms with Crippen LogP contribution in [0.15, 0.2) is 30.3 Å². The van der Waals surface area contributed by atoms with Gasteiger partial charge in [-0.25, -0.2) is 0 Å². The molecule has 1 aromatic heterocycles. The van der Waals surface area contributed by atoms with E-state index in [1.807, 2.05) is 25.1 Å². The van der Waals surface area contributed by atoms with Crippen LogP contribution in [0.4, 0.5) is 17.3 Å². The maximum absolute atomic E-state index is 11.7. The van der Waals surface area contributed by atoms with Gasteiger partial charge in [0.1, 0.15) is 5.75 Å². The third-order valence-corrected chi connectivity index (χ3v) is 4.43. The van der Waals surface area contributed by atoms with Gasteiger partial charge in [0.15, 0.2) is 11.6 Å². The summed E-state index contributed by atoms with van der Waals surface area (Å²) in [5.74, 6) is 1.29. The molecular formula is C14H19N5O3S. The summed E-state index contributed by atoms with van der Waals surface area (Å²) in [6.45, 7) is 1.97. The fourth-order valence-electron chi connectivity index (χ4n) is 1.73. The average Bonchev–Trinajstić information content (AvgIpc) is 2.49. The van der Waals surface area contributed by atoms with Crippen LogP contribution in [0.1, 0.15) is 5.56 Å². The normalized spacial score (nSPS) is 11.3. The minimum absolute atomic E-state index is 0.139. The van der Waals surface area contributed by atoms with E-state index in [1.165, 1.54) is 20.2 Å². The Morgan fingerprint density at radius 2 is 1.74 bits per heavy atom. The molecule has 0 fully saturated rings. The maximum atomic E-state index is 11.7. The van der Waals surface area contributed by atoms with Crippen LogP contribution in [0.5, 0.6) is 5.75 Å². The molecule has 0 bridgehead atoms. The first-order chi connectivity index (χ1) is 10.8. The number of hydrogen-bond acceptors (Lipinski definition) is 6. The summed E-state index contributed by atoms with van der Waals surface area (Å²) in [7, 11) is 0.838. The fraction of sp³-hybridized carbons (Fsp3) is 0.286. The number of nitrogens with zero attached hydrogens (tertiary/aromatic N) is 3. The molecule has 0 aliphatic carbocycles. The number of anilines is 3. The van der Waals surface area contributed by atoms with Gasteiger partial charge >= 0.3 is 10.2 Å². The smallest absolute Gasteiger partial charge is 0.302 e. The summed E-state index contributed by atoms with van der Waals surface area (Å²) in [5.41, 5.74) is 1.82. The van der Waals surface area contributed by atoms with E-state index in [4.69, 9.17) is 4.74 Å². The molecule has 0 saturated heterocycles. The van der Waals surface area contributed by atoms with Crippen molar-refractivity contribution >= 4 is 27.5 Å². The quantitative estimate of drug-likeness (QED) is 0.834. The molecule has 0 unspecified atom stereocenters. The zero-order chi connectivity index (χ0) is 17.0. The molecule has 23 heavy (non-hydrogen) atoms. The lowest BCUT2D eigenvalue weighted by molar-refractivity contribution is 0.416. The molecule has 8 nitrogen and oxygen atoms in total. The number of rotatable bonds is 6. The Kier molecular flexibility index (Phi) is 5.02. The Hall–Kier alpha value is -2.39. The van der Waals surface area contributed by atoms with Gasteiger partial charge in [-0.2, -0.15) is 12.7 Å². The molecule has 0 aliphatic rings. The summed E-state index contributed by atoms with van der Waals surface area (Å²) in [4.78, 5) is 0. The number of aromatic nitrogens is 2. The minimum Gasteiger partial charge on any atom is -0.495 e. The second kappa shape index (κ2) is 6.80. The monoisotopic (exact) mass is 337 g/mol. The average molecular weight is 337 g/mol. The molecule has 2 rings (SSSR count). The summed E-state index contributed by atoms with van der Waals surface area (Å²) < 4.78 is 32.1. The molecule has 0 atom stereocenters. The van der Waals surface area contributed by atoms with Crippen molar-refractivity contribution in [3.63, 3.8) is 0 Å². The summed E-state index contributed by atoms with van der Waals surface area (Å²) in [6.07, 6.45) is 0. The Morgan fingerprint density at radius 3 is 2.30 bits per heavy atom. The van der Waals surface area contributed by atoms with E-state index in [1.54, 1.807) is 13.2 Å². The van der Waals surface area contributed by atoms with Crippen molar-refractivity contribution in [2.75, 3.05) is 31.2 Å². The summed E-state index contributed by atoms with van der Waals surface area (Å²) >= 11 is 0. The Bertz CT molecular complexity index is 775. The zero-order valence-corrected chi connectivity index (χ0v) is 14.2. The van der Waals surface area contributed by atoms with Crippen molar-refractivity contribution in [2.45, 2.75) is 6.92 Å². The van der Waals surface area contributed by atoms with Gasteiger partial charge in [-0.15, -0.1) is 10.2 Å².